The Morgan fingerprint density at radius 2 is 1.95 bits per heavy atom. The molecule has 2 rings (SSSR count). The number of nitrogen functional groups attached to an aromatic ring is 1. The summed E-state index contributed by atoms with van der Waals surface area (Å²) < 4.78 is 1.44. The molecule has 0 saturated heterocycles. The highest BCUT2D eigenvalue weighted by Gasteiger charge is 2.08. The monoisotopic (exact) mass is 292 g/mol. The fourth-order valence-corrected chi connectivity index (χ4v) is 1.79. The average molecular weight is 292 g/mol. The topological polar surface area (TPSA) is 123 Å². The van der Waals surface area contributed by atoms with Gasteiger partial charge in [-0.3, -0.25) is 5.43 Å². The maximum Gasteiger partial charge on any atom is 0.258 e. The van der Waals surface area contributed by atoms with Crippen molar-refractivity contribution < 1.29 is 0 Å². The molecule has 10 nitrogen and oxygen atoms in total. The molecule has 0 aliphatic heterocycles. The summed E-state index contributed by atoms with van der Waals surface area (Å²) in [5.74, 6) is 6.43. The molecule has 0 atom stereocenters. The van der Waals surface area contributed by atoms with Gasteiger partial charge in [0, 0.05) is 13.1 Å². The van der Waals surface area contributed by atoms with Gasteiger partial charge >= 0.3 is 0 Å². The predicted molar refractivity (Wildman–Crippen MR) is 78.8 cm³/mol. The molecular weight excluding hydrogens is 272 g/mol. The number of nitrogens with two attached hydrogens (primary N) is 1. The lowest BCUT2D eigenvalue weighted by Crippen LogP contribution is -2.29. The van der Waals surface area contributed by atoms with Crippen LogP contribution in [-0.2, 0) is 0 Å². The van der Waals surface area contributed by atoms with Gasteiger partial charge in [-0.25, -0.2) is 10.8 Å². The van der Waals surface area contributed by atoms with Gasteiger partial charge in [-0.2, -0.15) is 24.7 Å². The van der Waals surface area contributed by atoms with E-state index in [9.17, 15) is 0 Å². The van der Waals surface area contributed by atoms with E-state index in [1.165, 1.54) is 17.3 Å². The predicted octanol–water partition coefficient (Wildman–Crippen LogP) is -0.508. The Labute approximate surface area is 122 Å². The van der Waals surface area contributed by atoms with Gasteiger partial charge in [0.25, 0.3) is 5.95 Å². The fourth-order valence-electron chi connectivity index (χ4n) is 1.79. The van der Waals surface area contributed by atoms with Crippen molar-refractivity contribution in [2.24, 2.45) is 5.84 Å². The van der Waals surface area contributed by atoms with Crippen molar-refractivity contribution in [3.05, 3.63) is 12.7 Å². The lowest BCUT2D eigenvalue weighted by atomic mass is 10.4. The van der Waals surface area contributed by atoms with Gasteiger partial charge in [-0.15, -0.1) is 0 Å². The van der Waals surface area contributed by atoms with Crippen LogP contribution >= 0.6 is 0 Å². The standard InChI is InChI=1S/C11H20N10/c1-3-20(4-2)6-5-14-9-16-10(19-12)18-11(17-9)21-8-13-7-15-21/h7-8H,3-6,12H2,1-2H3,(H2,14,16,17,18,19). The van der Waals surface area contributed by atoms with Gasteiger partial charge < -0.3 is 10.2 Å². The molecule has 0 unspecified atom stereocenters. The first-order valence-corrected chi connectivity index (χ1v) is 6.80. The van der Waals surface area contributed by atoms with Crippen LogP contribution in [0.3, 0.4) is 0 Å². The minimum absolute atomic E-state index is 0.265. The molecular formula is C11H20N10. The van der Waals surface area contributed by atoms with Crippen LogP contribution in [0.1, 0.15) is 13.8 Å². The van der Waals surface area contributed by atoms with Crippen LogP contribution < -0.4 is 16.6 Å². The molecule has 0 spiro atoms. The van der Waals surface area contributed by atoms with E-state index in [1.54, 1.807) is 0 Å². The van der Waals surface area contributed by atoms with E-state index in [-0.39, 0.29) is 5.95 Å². The SMILES string of the molecule is CCN(CC)CCNc1nc(NN)nc(-n2cncn2)n1. The second-order valence-corrected chi connectivity index (χ2v) is 4.22. The third-order valence-corrected chi connectivity index (χ3v) is 2.98. The van der Waals surface area contributed by atoms with E-state index >= 15 is 0 Å². The molecule has 0 aromatic carbocycles. The Balaban J connectivity index is 2.07. The molecule has 4 N–H and O–H groups in total. The smallest absolute Gasteiger partial charge is 0.258 e. The zero-order chi connectivity index (χ0) is 15.1. The normalized spacial score (nSPS) is 10.9. The summed E-state index contributed by atoms with van der Waals surface area (Å²) in [5, 5.41) is 7.15. The Kier molecular flexibility index (Phi) is 5.35. The first kappa shape index (κ1) is 15.1. The van der Waals surface area contributed by atoms with Crippen LogP contribution in [0.2, 0.25) is 0 Å². The van der Waals surface area contributed by atoms with Crippen molar-refractivity contribution in [3.63, 3.8) is 0 Å². The number of anilines is 2. The lowest BCUT2D eigenvalue weighted by molar-refractivity contribution is 0.316. The van der Waals surface area contributed by atoms with Gasteiger partial charge in [0.1, 0.15) is 12.7 Å². The molecule has 10 heteroatoms. The number of hydrazine groups is 1. The van der Waals surface area contributed by atoms with Crippen LogP contribution in [0.4, 0.5) is 11.9 Å². The van der Waals surface area contributed by atoms with Crippen molar-refractivity contribution in [2.45, 2.75) is 13.8 Å². The third-order valence-electron chi connectivity index (χ3n) is 2.98. The number of nitrogens with zero attached hydrogens (tertiary/aromatic N) is 7. The van der Waals surface area contributed by atoms with Gasteiger partial charge in [-0.05, 0) is 13.1 Å². The highest BCUT2D eigenvalue weighted by Crippen LogP contribution is 2.07. The summed E-state index contributed by atoms with van der Waals surface area (Å²) in [7, 11) is 0. The second kappa shape index (κ2) is 7.45. The van der Waals surface area contributed by atoms with Crippen molar-refractivity contribution in [1.82, 2.24) is 34.6 Å². The molecule has 0 fully saturated rings. The number of nitrogens with one attached hydrogen (secondary N) is 2. The van der Waals surface area contributed by atoms with Crippen molar-refractivity contribution in [3.8, 4) is 5.95 Å². The van der Waals surface area contributed by atoms with E-state index in [0.717, 1.165) is 26.2 Å². The summed E-state index contributed by atoms with van der Waals surface area (Å²) >= 11 is 0. The van der Waals surface area contributed by atoms with Crippen molar-refractivity contribution in [2.75, 3.05) is 36.9 Å². The third kappa shape index (κ3) is 4.07. The van der Waals surface area contributed by atoms with E-state index in [1.807, 2.05) is 0 Å². The highest BCUT2D eigenvalue weighted by molar-refractivity contribution is 5.36. The van der Waals surface area contributed by atoms with Crippen molar-refractivity contribution in [1.29, 1.82) is 0 Å². The van der Waals surface area contributed by atoms with Gasteiger partial charge in [0.05, 0.1) is 0 Å². The van der Waals surface area contributed by atoms with Gasteiger partial charge in [-0.1, -0.05) is 13.8 Å². The zero-order valence-corrected chi connectivity index (χ0v) is 12.2. The van der Waals surface area contributed by atoms with Gasteiger partial charge in [0.15, 0.2) is 0 Å². The fraction of sp³-hybridized carbons (Fsp3) is 0.545. The number of aromatic nitrogens is 6. The first-order chi connectivity index (χ1) is 10.3. The van der Waals surface area contributed by atoms with E-state index in [0.29, 0.717) is 11.9 Å². The Morgan fingerprint density at radius 1 is 1.19 bits per heavy atom. The van der Waals surface area contributed by atoms with Gasteiger partial charge in [0.2, 0.25) is 11.9 Å². The first-order valence-electron chi connectivity index (χ1n) is 6.80. The molecule has 0 amide bonds. The molecule has 0 bridgehead atoms. The molecule has 2 aromatic heterocycles. The maximum absolute atomic E-state index is 5.38. The van der Waals surface area contributed by atoms with Crippen LogP contribution in [0, 0.1) is 0 Å². The second-order valence-electron chi connectivity index (χ2n) is 4.22. The molecule has 0 aliphatic rings. The Bertz CT molecular complexity index is 536. The summed E-state index contributed by atoms with van der Waals surface area (Å²) in [6.45, 7) is 7.91. The molecule has 0 saturated carbocycles. The number of likely N-dealkylation sites (N-methyl/N-ethyl adjacent to an activating group) is 1. The lowest BCUT2D eigenvalue weighted by Gasteiger charge is -2.18. The summed E-state index contributed by atoms with van der Waals surface area (Å²) in [6.07, 6.45) is 2.92. The van der Waals surface area contributed by atoms with Crippen LogP contribution in [0.5, 0.6) is 0 Å². The molecule has 2 heterocycles. The average Bonchev–Trinajstić information content (AvgIpc) is 3.05. The van der Waals surface area contributed by atoms with Crippen molar-refractivity contribution >= 4 is 11.9 Å². The highest BCUT2D eigenvalue weighted by atomic mass is 15.4. The summed E-state index contributed by atoms with van der Waals surface area (Å²) in [5.41, 5.74) is 2.42. The molecule has 0 aliphatic carbocycles. The van der Waals surface area contributed by atoms with Crippen LogP contribution in [0.25, 0.3) is 5.95 Å². The molecule has 21 heavy (non-hydrogen) atoms. The van der Waals surface area contributed by atoms with E-state index in [2.05, 4.69) is 54.5 Å². The minimum Gasteiger partial charge on any atom is -0.353 e. The van der Waals surface area contributed by atoms with Crippen LogP contribution in [0.15, 0.2) is 12.7 Å². The number of hydrogen-bond acceptors (Lipinski definition) is 9. The number of hydrogen-bond donors (Lipinski definition) is 3. The maximum atomic E-state index is 5.38. The Morgan fingerprint density at radius 3 is 2.57 bits per heavy atom. The Hall–Kier alpha value is -2.33. The van der Waals surface area contributed by atoms with Crippen LogP contribution in [-0.4, -0.2) is 60.8 Å². The minimum atomic E-state index is 0.265. The van der Waals surface area contributed by atoms with E-state index in [4.69, 9.17) is 5.84 Å². The number of rotatable bonds is 8. The quantitative estimate of drug-likeness (QED) is 0.436. The molecule has 0 radical (unpaired) electrons. The molecule has 114 valence electrons. The summed E-state index contributed by atoms with van der Waals surface area (Å²) in [4.78, 5) is 18.7. The summed E-state index contributed by atoms with van der Waals surface area (Å²) in [6, 6.07) is 0. The van der Waals surface area contributed by atoms with E-state index < -0.39 is 0 Å². The molecule has 2 aromatic rings. The largest absolute Gasteiger partial charge is 0.353 e. The zero-order valence-electron chi connectivity index (χ0n) is 12.2.